The average Bonchev–Trinajstić information content (AvgIpc) is 1.93. The van der Waals surface area contributed by atoms with Crippen LogP contribution in [0, 0.1) is 5.92 Å². The smallest absolute Gasteiger partial charge is 0.00390 e. The molecule has 2 N–H and O–H groups in total. The molecule has 1 saturated carbocycles. The van der Waals surface area contributed by atoms with E-state index < -0.39 is 0 Å². The van der Waals surface area contributed by atoms with Crippen LogP contribution in [0.1, 0.15) is 25.7 Å². The zero-order chi connectivity index (χ0) is 8.27. The predicted molar refractivity (Wildman–Crippen MR) is 48.5 cm³/mol. The van der Waals surface area contributed by atoms with E-state index in [-0.39, 0.29) is 0 Å². The monoisotopic (exact) mass is 156 g/mol. The summed E-state index contributed by atoms with van der Waals surface area (Å²) in [6.07, 6.45) is 5.13. The molecule has 0 aromatic carbocycles. The lowest BCUT2D eigenvalue weighted by Crippen LogP contribution is -2.31. The molecule has 0 aromatic heterocycles. The molecule has 0 unspecified atom stereocenters. The van der Waals surface area contributed by atoms with Crippen molar-refractivity contribution in [2.45, 2.75) is 31.7 Å². The minimum Gasteiger partial charge on any atom is -0.328 e. The maximum absolute atomic E-state index is 5.81. The molecule has 0 atom stereocenters. The van der Waals surface area contributed by atoms with E-state index in [1.807, 2.05) is 0 Å². The van der Waals surface area contributed by atoms with Gasteiger partial charge in [0.2, 0.25) is 0 Å². The van der Waals surface area contributed by atoms with Crippen molar-refractivity contribution in [1.29, 1.82) is 0 Å². The van der Waals surface area contributed by atoms with Crippen LogP contribution >= 0.6 is 0 Å². The van der Waals surface area contributed by atoms with Gasteiger partial charge in [0.1, 0.15) is 0 Å². The Morgan fingerprint density at radius 3 is 2.18 bits per heavy atom. The molecule has 2 nitrogen and oxygen atoms in total. The van der Waals surface area contributed by atoms with Crippen LogP contribution in [0.2, 0.25) is 0 Å². The molecule has 2 heteroatoms. The summed E-state index contributed by atoms with van der Waals surface area (Å²) >= 11 is 0. The highest BCUT2D eigenvalue weighted by atomic mass is 15.1. The summed E-state index contributed by atoms with van der Waals surface area (Å²) in [4.78, 5) is 2.28. The molecule has 0 saturated heterocycles. The third-order valence-electron chi connectivity index (χ3n) is 2.51. The van der Waals surface area contributed by atoms with Gasteiger partial charge < -0.3 is 10.6 Å². The lowest BCUT2D eigenvalue weighted by Gasteiger charge is -2.28. The fourth-order valence-corrected chi connectivity index (χ4v) is 1.89. The van der Waals surface area contributed by atoms with Gasteiger partial charge in [-0.15, -0.1) is 0 Å². The van der Waals surface area contributed by atoms with Crippen molar-refractivity contribution in [1.82, 2.24) is 4.90 Å². The molecule has 1 rings (SSSR count). The summed E-state index contributed by atoms with van der Waals surface area (Å²) in [5, 5.41) is 0. The third-order valence-corrected chi connectivity index (χ3v) is 2.51. The number of nitrogens with zero attached hydrogens (tertiary/aromatic N) is 1. The quantitative estimate of drug-likeness (QED) is 0.648. The Hall–Kier alpha value is -0.0800. The van der Waals surface area contributed by atoms with E-state index in [0.29, 0.717) is 6.04 Å². The molecule has 66 valence electrons. The SMILES string of the molecule is CN(C)C[C@H]1CC[C@@H](N)CC1. The highest BCUT2D eigenvalue weighted by Crippen LogP contribution is 2.23. The normalized spacial score (nSPS) is 32.7. The minimum atomic E-state index is 0.494. The summed E-state index contributed by atoms with van der Waals surface area (Å²) < 4.78 is 0. The third kappa shape index (κ3) is 3.21. The zero-order valence-corrected chi connectivity index (χ0v) is 7.71. The van der Waals surface area contributed by atoms with E-state index in [1.54, 1.807) is 0 Å². The van der Waals surface area contributed by atoms with Gasteiger partial charge in [0, 0.05) is 12.6 Å². The molecule has 1 aliphatic carbocycles. The van der Waals surface area contributed by atoms with Crippen molar-refractivity contribution >= 4 is 0 Å². The molecule has 11 heavy (non-hydrogen) atoms. The molecule has 0 amide bonds. The van der Waals surface area contributed by atoms with E-state index >= 15 is 0 Å². The fraction of sp³-hybridized carbons (Fsp3) is 1.00. The number of nitrogens with two attached hydrogens (primary N) is 1. The predicted octanol–water partition coefficient (Wildman–Crippen LogP) is 1.07. The van der Waals surface area contributed by atoms with Gasteiger partial charge in [-0.1, -0.05) is 0 Å². The van der Waals surface area contributed by atoms with Crippen LogP contribution in [0.25, 0.3) is 0 Å². The van der Waals surface area contributed by atoms with Crippen LogP contribution in [0.3, 0.4) is 0 Å². The molecule has 0 spiro atoms. The van der Waals surface area contributed by atoms with Gasteiger partial charge in [-0.2, -0.15) is 0 Å². The fourth-order valence-electron chi connectivity index (χ4n) is 1.89. The molecular formula is C9H20N2. The Morgan fingerprint density at radius 1 is 1.18 bits per heavy atom. The van der Waals surface area contributed by atoms with Crippen molar-refractivity contribution in [3.63, 3.8) is 0 Å². The second-order valence-electron chi connectivity index (χ2n) is 4.04. The summed E-state index contributed by atoms with van der Waals surface area (Å²) in [5.41, 5.74) is 5.81. The molecule has 0 heterocycles. The van der Waals surface area contributed by atoms with Gasteiger partial charge in [-0.3, -0.25) is 0 Å². The second-order valence-corrected chi connectivity index (χ2v) is 4.04. The largest absolute Gasteiger partial charge is 0.328 e. The maximum Gasteiger partial charge on any atom is 0.00390 e. The van der Waals surface area contributed by atoms with Gasteiger partial charge in [-0.05, 0) is 45.7 Å². The molecule has 0 aromatic rings. The Kier molecular flexibility index (Phi) is 3.34. The summed E-state index contributed by atoms with van der Waals surface area (Å²) in [7, 11) is 4.29. The highest BCUT2D eigenvalue weighted by Gasteiger charge is 2.18. The zero-order valence-electron chi connectivity index (χ0n) is 7.71. The lowest BCUT2D eigenvalue weighted by molar-refractivity contribution is 0.250. The minimum absolute atomic E-state index is 0.494. The Labute approximate surface area is 69.8 Å². The van der Waals surface area contributed by atoms with Gasteiger partial charge in [0.15, 0.2) is 0 Å². The van der Waals surface area contributed by atoms with E-state index in [4.69, 9.17) is 5.73 Å². The average molecular weight is 156 g/mol. The number of hydrogen-bond acceptors (Lipinski definition) is 2. The van der Waals surface area contributed by atoms with Crippen LogP contribution in [-0.4, -0.2) is 31.6 Å². The Morgan fingerprint density at radius 2 is 1.73 bits per heavy atom. The van der Waals surface area contributed by atoms with Crippen LogP contribution in [0.4, 0.5) is 0 Å². The summed E-state index contributed by atoms with van der Waals surface area (Å²) in [6, 6.07) is 0.494. The first-order valence-corrected chi connectivity index (χ1v) is 4.59. The lowest BCUT2D eigenvalue weighted by atomic mass is 9.86. The van der Waals surface area contributed by atoms with Crippen molar-refractivity contribution in [2.24, 2.45) is 11.7 Å². The second kappa shape index (κ2) is 4.07. The van der Waals surface area contributed by atoms with E-state index in [1.165, 1.54) is 32.2 Å². The summed E-state index contributed by atoms with van der Waals surface area (Å²) in [5.74, 6) is 0.907. The van der Waals surface area contributed by atoms with Gasteiger partial charge in [0.25, 0.3) is 0 Å². The van der Waals surface area contributed by atoms with Crippen LogP contribution in [-0.2, 0) is 0 Å². The number of hydrogen-bond donors (Lipinski definition) is 1. The molecular weight excluding hydrogens is 136 g/mol. The van der Waals surface area contributed by atoms with Crippen molar-refractivity contribution in [3.05, 3.63) is 0 Å². The maximum atomic E-state index is 5.81. The van der Waals surface area contributed by atoms with E-state index in [2.05, 4.69) is 19.0 Å². The van der Waals surface area contributed by atoms with Crippen LogP contribution in [0.5, 0.6) is 0 Å². The van der Waals surface area contributed by atoms with Crippen molar-refractivity contribution in [2.75, 3.05) is 20.6 Å². The Balaban J connectivity index is 2.17. The Bertz CT molecular complexity index is 104. The first kappa shape index (κ1) is 9.01. The van der Waals surface area contributed by atoms with Gasteiger partial charge >= 0.3 is 0 Å². The standard InChI is InChI=1S/C9H20N2/c1-11(2)7-8-3-5-9(10)6-4-8/h8-9H,3-7,10H2,1-2H3/t8-,9+. The van der Waals surface area contributed by atoms with E-state index in [0.717, 1.165) is 5.92 Å². The topological polar surface area (TPSA) is 29.3 Å². The van der Waals surface area contributed by atoms with Gasteiger partial charge in [-0.25, -0.2) is 0 Å². The molecule has 1 fully saturated rings. The van der Waals surface area contributed by atoms with Crippen LogP contribution < -0.4 is 5.73 Å². The molecule has 0 radical (unpaired) electrons. The van der Waals surface area contributed by atoms with Crippen molar-refractivity contribution in [3.8, 4) is 0 Å². The first-order chi connectivity index (χ1) is 5.18. The van der Waals surface area contributed by atoms with Gasteiger partial charge in [0.05, 0.1) is 0 Å². The molecule has 1 aliphatic rings. The molecule has 0 aliphatic heterocycles. The summed E-state index contributed by atoms with van der Waals surface area (Å²) in [6.45, 7) is 1.24. The van der Waals surface area contributed by atoms with E-state index in [9.17, 15) is 0 Å². The number of rotatable bonds is 2. The van der Waals surface area contributed by atoms with Crippen molar-refractivity contribution < 1.29 is 0 Å². The first-order valence-electron chi connectivity index (χ1n) is 4.59. The van der Waals surface area contributed by atoms with Crippen LogP contribution in [0.15, 0.2) is 0 Å². The molecule has 0 bridgehead atoms. The highest BCUT2D eigenvalue weighted by molar-refractivity contribution is 4.75.